The van der Waals surface area contributed by atoms with Gasteiger partial charge in [-0.25, -0.2) is 4.21 Å². The van der Waals surface area contributed by atoms with Gasteiger partial charge in [0.1, 0.15) is 11.9 Å². The Balaban J connectivity index is 2.33. The molecule has 1 atom stereocenters. The average molecular weight is 281 g/mol. The van der Waals surface area contributed by atoms with E-state index in [-0.39, 0.29) is 24.3 Å². The van der Waals surface area contributed by atoms with Crippen molar-refractivity contribution in [1.82, 2.24) is 4.90 Å². The molecule has 0 aliphatic carbocycles. The van der Waals surface area contributed by atoms with Crippen LogP contribution in [0.15, 0.2) is 24.3 Å². The molecule has 0 radical (unpaired) electrons. The molecule has 1 heterocycles. The number of hydrogen-bond acceptors (Lipinski definition) is 4. The molecule has 0 saturated carbocycles. The Bertz CT molecular complexity index is 494. The Morgan fingerprint density at radius 1 is 1.16 bits per heavy atom. The van der Waals surface area contributed by atoms with Crippen LogP contribution >= 0.6 is 0 Å². The van der Waals surface area contributed by atoms with Gasteiger partial charge in [0.15, 0.2) is 0 Å². The fourth-order valence-corrected chi connectivity index (χ4v) is 2.39. The number of carbonyl (C=O) groups is 2. The van der Waals surface area contributed by atoms with Gasteiger partial charge in [-0.2, -0.15) is 0 Å². The SMILES string of the molecule is CC(C)[C@@H](CO[SH]=O)N1C(=O)c2ccccc2C1=O. The first-order valence-corrected chi connectivity index (χ1v) is 6.72. The number of thiol groups is 1. The number of benzene rings is 1. The van der Waals surface area contributed by atoms with Crippen LogP contribution in [0.25, 0.3) is 0 Å². The molecule has 1 aromatic carbocycles. The van der Waals surface area contributed by atoms with Gasteiger partial charge in [0.05, 0.1) is 23.8 Å². The van der Waals surface area contributed by atoms with Crippen molar-refractivity contribution in [3.05, 3.63) is 35.4 Å². The maximum atomic E-state index is 12.3. The second kappa shape index (κ2) is 5.63. The molecule has 1 aliphatic heterocycles. The first-order chi connectivity index (χ1) is 9.07. The molecule has 0 bridgehead atoms. The smallest absolute Gasteiger partial charge is 0.261 e. The van der Waals surface area contributed by atoms with Crippen molar-refractivity contribution < 1.29 is 18.0 Å². The Morgan fingerprint density at radius 3 is 2.11 bits per heavy atom. The van der Waals surface area contributed by atoms with Crippen LogP contribution in [0.2, 0.25) is 0 Å². The molecule has 6 heteroatoms. The van der Waals surface area contributed by atoms with E-state index in [9.17, 15) is 13.8 Å². The average Bonchev–Trinajstić information content (AvgIpc) is 2.64. The molecule has 102 valence electrons. The van der Waals surface area contributed by atoms with Gasteiger partial charge in [0.25, 0.3) is 11.8 Å². The quantitative estimate of drug-likeness (QED) is 0.650. The van der Waals surface area contributed by atoms with Crippen molar-refractivity contribution in [2.45, 2.75) is 19.9 Å². The summed E-state index contributed by atoms with van der Waals surface area (Å²) in [7, 11) is 0. The van der Waals surface area contributed by atoms with Crippen LogP contribution in [0.5, 0.6) is 0 Å². The number of imide groups is 1. The van der Waals surface area contributed by atoms with E-state index in [1.54, 1.807) is 24.3 Å². The molecule has 0 saturated heterocycles. The second-order valence-corrected chi connectivity index (χ2v) is 5.11. The summed E-state index contributed by atoms with van der Waals surface area (Å²) in [6.07, 6.45) is 0. The summed E-state index contributed by atoms with van der Waals surface area (Å²) in [5.74, 6) is -0.611. The maximum absolute atomic E-state index is 12.3. The topological polar surface area (TPSA) is 63.7 Å². The first kappa shape index (κ1) is 13.9. The van der Waals surface area contributed by atoms with Crippen LogP contribution < -0.4 is 0 Å². The second-order valence-electron chi connectivity index (χ2n) is 4.71. The molecular weight excluding hydrogens is 266 g/mol. The Morgan fingerprint density at radius 2 is 1.68 bits per heavy atom. The van der Waals surface area contributed by atoms with E-state index in [0.717, 1.165) is 0 Å². The van der Waals surface area contributed by atoms with Crippen LogP contribution in [-0.2, 0) is 16.1 Å². The number of fused-ring (bicyclic) bond motifs is 1. The van der Waals surface area contributed by atoms with Crippen LogP contribution in [0.3, 0.4) is 0 Å². The Kier molecular flexibility index (Phi) is 4.11. The third kappa shape index (κ3) is 2.46. The number of nitrogens with zero attached hydrogens (tertiary/aromatic N) is 1. The summed E-state index contributed by atoms with van der Waals surface area (Å²) < 4.78 is 15.3. The largest absolute Gasteiger partial charge is 0.291 e. The fraction of sp³-hybridized carbons (Fsp3) is 0.385. The van der Waals surface area contributed by atoms with Gasteiger partial charge in [0.2, 0.25) is 0 Å². The highest BCUT2D eigenvalue weighted by Crippen LogP contribution is 2.27. The van der Waals surface area contributed by atoms with Crippen molar-refractivity contribution in [2.75, 3.05) is 6.61 Å². The van der Waals surface area contributed by atoms with Crippen LogP contribution in [0.1, 0.15) is 34.6 Å². The molecule has 0 N–H and O–H groups in total. The summed E-state index contributed by atoms with van der Waals surface area (Å²) in [4.78, 5) is 25.8. The van der Waals surface area contributed by atoms with Gasteiger partial charge >= 0.3 is 0 Å². The van der Waals surface area contributed by atoms with Crippen LogP contribution in [0.4, 0.5) is 0 Å². The predicted octanol–water partition coefficient (Wildman–Crippen LogP) is 1.18. The molecule has 2 rings (SSSR count). The normalized spacial score (nSPS) is 16.1. The summed E-state index contributed by atoms with van der Waals surface area (Å²) in [5.41, 5.74) is 0.829. The van der Waals surface area contributed by atoms with E-state index >= 15 is 0 Å². The van der Waals surface area contributed by atoms with Gasteiger partial charge < -0.3 is 0 Å². The molecule has 0 aromatic heterocycles. The van der Waals surface area contributed by atoms with Gasteiger partial charge in [-0.1, -0.05) is 26.0 Å². The van der Waals surface area contributed by atoms with Crippen molar-refractivity contribution >= 4 is 23.8 Å². The monoisotopic (exact) mass is 281 g/mol. The summed E-state index contributed by atoms with van der Waals surface area (Å²) in [6, 6.07) is 6.31. The van der Waals surface area contributed by atoms with Gasteiger partial charge in [-0.3, -0.25) is 18.7 Å². The van der Waals surface area contributed by atoms with E-state index in [1.165, 1.54) is 4.90 Å². The van der Waals surface area contributed by atoms with Crippen molar-refractivity contribution in [1.29, 1.82) is 0 Å². The molecule has 0 spiro atoms. The first-order valence-electron chi connectivity index (χ1n) is 5.99. The Labute approximate surface area is 115 Å². The number of amides is 2. The van der Waals surface area contributed by atoms with Crippen molar-refractivity contribution in [2.24, 2.45) is 5.92 Å². The highest BCUT2D eigenvalue weighted by molar-refractivity contribution is 7.60. The summed E-state index contributed by atoms with van der Waals surface area (Å²) in [6.45, 7) is 3.84. The van der Waals surface area contributed by atoms with E-state index in [0.29, 0.717) is 11.1 Å². The summed E-state index contributed by atoms with van der Waals surface area (Å²) >= 11 is -0.452. The molecular formula is C13H15NO4S. The standard InChI is InChI=1S/C13H15NO4S/c1-8(2)11(7-18-19-17)14-12(15)9-5-3-4-6-10(9)13(14)16/h3-6,8,11,19H,7H2,1-2H3/t11-/m1/s1. The molecule has 0 unspecified atom stereocenters. The third-order valence-electron chi connectivity index (χ3n) is 3.22. The number of rotatable bonds is 5. The molecule has 1 aliphatic rings. The fourth-order valence-electron chi connectivity index (χ4n) is 2.18. The van der Waals surface area contributed by atoms with E-state index < -0.39 is 18.0 Å². The highest BCUT2D eigenvalue weighted by atomic mass is 32.2. The highest BCUT2D eigenvalue weighted by Gasteiger charge is 2.40. The van der Waals surface area contributed by atoms with Gasteiger partial charge in [-0.15, -0.1) is 0 Å². The lowest BCUT2D eigenvalue weighted by Gasteiger charge is -2.28. The third-order valence-corrected chi connectivity index (χ3v) is 3.48. The van der Waals surface area contributed by atoms with Crippen molar-refractivity contribution in [3.8, 4) is 0 Å². The van der Waals surface area contributed by atoms with E-state index in [1.807, 2.05) is 13.8 Å². The van der Waals surface area contributed by atoms with E-state index in [2.05, 4.69) is 0 Å². The molecule has 2 amide bonds. The van der Waals surface area contributed by atoms with Gasteiger partial charge in [0, 0.05) is 0 Å². The minimum Gasteiger partial charge on any atom is -0.291 e. The Hall–Kier alpha value is -1.53. The summed E-state index contributed by atoms with van der Waals surface area (Å²) in [5, 5.41) is 0. The number of hydrogen-bond donors (Lipinski definition) is 1. The lowest BCUT2D eigenvalue weighted by atomic mass is 10.0. The predicted molar refractivity (Wildman–Crippen MR) is 71.1 cm³/mol. The zero-order valence-electron chi connectivity index (χ0n) is 10.7. The molecule has 5 nitrogen and oxygen atoms in total. The minimum absolute atomic E-state index is 0.0176. The lowest BCUT2D eigenvalue weighted by molar-refractivity contribution is 0.0483. The van der Waals surface area contributed by atoms with E-state index in [4.69, 9.17) is 4.18 Å². The zero-order chi connectivity index (χ0) is 14.0. The lowest BCUT2D eigenvalue weighted by Crippen LogP contribution is -2.45. The van der Waals surface area contributed by atoms with Crippen LogP contribution in [0, 0.1) is 5.92 Å². The maximum Gasteiger partial charge on any atom is 0.261 e. The van der Waals surface area contributed by atoms with Crippen molar-refractivity contribution in [3.63, 3.8) is 0 Å². The molecule has 0 fully saturated rings. The zero-order valence-corrected chi connectivity index (χ0v) is 11.6. The van der Waals surface area contributed by atoms with Crippen LogP contribution in [-0.4, -0.2) is 33.6 Å². The minimum atomic E-state index is -0.452. The van der Waals surface area contributed by atoms with Gasteiger partial charge in [-0.05, 0) is 18.1 Å². The number of carbonyl (C=O) groups excluding carboxylic acids is 2. The molecule has 19 heavy (non-hydrogen) atoms. The molecule has 1 aromatic rings.